The highest BCUT2D eigenvalue weighted by Gasteiger charge is 2.54. The standard InChI is InChI=1S/C34H40N2O8/c1-5-43-29(37)14-19-6-8-20(9-7-19)33(38)44-28-15-21-18-36-13-12-24-23-11-10-22(40-2)16-26(23)35-31(24)27(36)17-25(21)30(32(28)41-3)34(39)42-4/h6-11,16,21,25,27-28,30,32,35H,5,12-15,17-18H2,1-4H3/t21-,25+,27-,28-,30+,32+/m1/s1. The number of esters is 3. The Morgan fingerprint density at radius 3 is 2.52 bits per heavy atom. The van der Waals surface area contributed by atoms with E-state index >= 15 is 0 Å². The van der Waals surface area contributed by atoms with Crippen molar-refractivity contribution < 1.29 is 38.1 Å². The van der Waals surface area contributed by atoms with Gasteiger partial charge in [-0.25, -0.2) is 4.79 Å². The molecule has 3 aromatic rings. The number of aromatic nitrogens is 1. The molecule has 0 amide bonds. The van der Waals surface area contributed by atoms with Crippen molar-refractivity contribution >= 4 is 28.8 Å². The second-order valence-corrected chi connectivity index (χ2v) is 12.0. The molecular formula is C34H40N2O8. The Balaban J connectivity index is 1.23. The van der Waals surface area contributed by atoms with Crippen LogP contribution in [0.5, 0.6) is 5.75 Å². The Morgan fingerprint density at radius 1 is 1.02 bits per heavy atom. The first-order valence-corrected chi connectivity index (χ1v) is 15.3. The van der Waals surface area contributed by atoms with Gasteiger partial charge in [-0.05, 0) is 73.4 Å². The number of carbonyl (C=O) groups excluding carboxylic acids is 3. The number of methoxy groups -OCH3 is 3. The normalized spacial score (nSPS) is 26.2. The van der Waals surface area contributed by atoms with Gasteiger partial charge in [0.2, 0.25) is 0 Å². The van der Waals surface area contributed by atoms with Crippen molar-refractivity contribution in [1.82, 2.24) is 9.88 Å². The molecule has 1 saturated carbocycles. The molecule has 1 saturated heterocycles. The molecular weight excluding hydrogens is 564 g/mol. The highest BCUT2D eigenvalue weighted by Crippen LogP contribution is 2.50. The molecule has 6 rings (SSSR count). The fourth-order valence-corrected chi connectivity index (χ4v) is 7.70. The summed E-state index contributed by atoms with van der Waals surface area (Å²) in [6, 6.07) is 13.0. The summed E-state index contributed by atoms with van der Waals surface area (Å²) >= 11 is 0. The van der Waals surface area contributed by atoms with Crippen LogP contribution in [-0.2, 0) is 41.4 Å². The van der Waals surface area contributed by atoms with Crippen LogP contribution in [0.4, 0.5) is 0 Å². The smallest absolute Gasteiger partial charge is 0.338 e. The highest BCUT2D eigenvalue weighted by atomic mass is 16.6. The van der Waals surface area contributed by atoms with Gasteiger partial charge in [-0.3, -0.25) is 14.5 Å². The number of piperidine rings is 1. The molecule has 1 aromatic heterocycles. The van der Waals surface area contributed by atoms with E-state index in [1.807, 2.05) is 12.1 Å². The van der Waals surface area contributed by atoms with Crippen molar-refractivity contribution in [3.8, 4) is 5.75 Å². The summed E-state index contributed by atoms with van der Waals surface area (Å²) in [5.74, 6) is -0.805. The van der Waals surface area contributed by atoms with Crippen molar-refractivity contribution in [3.05, 3.63) is 64.8 Å². The molecule has 1 aliphatic carbocycles. The molecule has 6 atom stereocenters. The maximum Gasteiger partial charge on any atom is 0.338 e. The van der Waals surface area contributed by atoms with Gasteiger partial charge in [-0.2, -0.15) is 0 Å². The molecule has 10 nitrogen and oxygen atoms in total. The van der Waals surface area contributed by atoms with E-state index in [-0.39, 0.29) is 36.2 Å². The van der Waals surface area contributed by atoms with Gasteiger partial charge >= 0.3 is 17.9 Å². The van der Waals surface area contributed by atoms with Gasteiger partial charge in [-0.1, -0.05) is 12.1 Å². The molecule has 3 heterocycles. The molecule has 2 aliphatic heterocycles. The summed E-state index contributed by atoms with van der Waals surface area (Å²) in [7, 11) is 4.63. The van der Waals surface area contributed by atoms with Crippen LogP contribution in [0.15, 0.2) is 42.5 Å². The average Bonchev–Trinajstić information content (AvgIpc) is 3.41. The minimum atomic E-state index is -0.641. The van der Waals surface area contributed by atoms with Gasteiger partial charge in [0.05, 0.1) is 44.8 Å². The number of fused-ring (bicyclic) bond motifs is 6. The minimum Gasteiger partial charge on any atom is -0.497 e. The lowest BCUT2D eigenvalue weighted by atomic mass is 9.63. The van der Waals surface area contributed by atoms with E-state index in [0.717, 1.165) is 42.8 Å². The van der Waals surface area contributed by atoms with E-state index in [1.54, 1.807) is 45.4 Å². The molecule has 0 spiro atoms. The fraction of sp³-hybridized carbons (Fsp3) is 0.500. The zero-order valence-electron chi connectivity index (χ0n) is 25.7. The number of nitrogens with zero attached hydrogens (tertiary/aromatic N) is 1. The topological polar surface area (TPSA) is 116 Å². The second-order valence-electron chi connectivity index (χ2n) is 12.0. The van der Waals surface area contributed by atoms with Crippen molar-refractivity contribution in [3.63, 3.8) is 0 Å². The van der Waals surface area contributed by atoms with E-state index in [2.05, 4.69) is 16.0 Å². The molecule has 0 bridgehead atoms. The van der Waals surface area contributed by atoms with Crippen molar-refractivity contribution in [1.29, 1.82) is 0 Å². The number of aromatic amines is 1. The van der Waals surface area contributed by atoms with Gasteiger partial charge in [0.15, 0.2) is 0 Å². The van der Waals surface area contributed by atoms with E-state index in [0.29, 0.717) is 18.6 Å². The monoisotopic (exact) mass is 604 g/mol. The highest BCUT2D eigenvalue weighted by molar-refractivity contribution is 5.90. The zero-order chi connectivity index (χ0) is 31.0. The average molecular weight is 605 g/mol. The summed E-state index contributed by atoms with van der Waals surface area (Å²) in [5.41, 5.74) is 4.71. The maximum atomic E-state index is 13.4. The summed E-state index contributed by atoms with van der Waals surface area (Å²) in [6.07, 6.45) is 1.16. The Kier molecular flexibility index (Phi) is 8.64. The number of ether oxygens (including phenoxy) is 5. The lowest BCUT2D eigenvalue weighted by Crippen LogP contribution is -2.58. The first-order valence-electron chi connectivity index (χ1n) is 15.3. The zero-order valence-corrected chi connectivity index (χ0v) is 25.7. The number of H-pyrrole nitrogens is 1. The lowest BCUT2D eigenvalue weighted by molar-refractivity contribution is -0.176. The van der Waals surface area contributed by atoms with Gasteiger partial charge in [0, 0.05) is 42.9 Å². The fourth-order valence-electron chi connectivity index (χ4n) is 7.70. The number of nitrogens with one attached hydrogen (secondary N) is 1. The third kappa shape index (κ3) is 5.57. The Morgan fingerprint density at radius 2 is 1.82 bits per heavy atom. The van der Waals surface area contributed by atoms with E-state index in [4.69, 9.17) is 23.7 Å². The van der Waals surface area contributed by atoms with Crippen LogP contribution in [0, 0.1) is 17.8 Å². The maximum absolute atomic E-state index is 13.4. The molecule has 10 heteroatoms. The van der Waals surface area contributed by atoms with Gasteiger partial charge in [-0.15, -0.1) is 0 Å². The molecule has 2 fully saturated rings. The third-order valence-electron chi connectivity index (χ3n) is 9.70. The van der Waals surface area contributed by atoms with Crippen LogP contribution in [0.25, 0.3) is 10.9 Å². The van der Waals surface area contributed by atoms with Gasteiger partial charge < -0.3 is 28.7 Å². The van der Waals surface area contributed by atoms with E-state index < -0.39 is 24.1 Å². The Labute approximate surface area is 256 Å². The lowest BCUT2D eigenvalue weighted by Gasteiger charge is -2.52. The minimum absolute atomic E-state index is 0.00217. The molecule has 3 aliphatic rings. The molecule has 1 N–H and O–H groups in total. The number of benzene rings is 2. The van der Waals surface area contributed by atoms with Crippen LogP contribution in [0.1, 0.15) is 53.0 Å². The second kappa shape index (κ2) is 12.6. The summed E-state index contributed by atoms with van der Waals surface area (Å²) in [5, 5.41) is 1.21. The Hall–Kier alpha value is -3.89. The number of carbonyl (C=O) groups is 3. The molecule has 44 heavy (non-hydrogen) atoms. The van der Waals surface area contributed by atoms with Crippen molar-refractivity contribution in [2.75, 3.05) is 41.0 Å². The van der Waals surface area contributed by atoms with Crippen LogP contribution in [0.3, 0.4) is 0 Å². The van der Waals surface area contributed by atoms with E-state index in [1.165, 1.54) is 23.8 Å². The summed E-state index contributed by atoms with van der Waals surface area (Å²) in [6.45, 7) is 3.78. The first-order chi connectivity index (χ1) is 21.3. The Bertz CT molecular complexity index is 1530. The van der Waals surface area contributed by atoms with E-state index in [9.17, 15) is 14.4 Å². The SMILES string of the molecule is CCOC(=O)Cc1ccc(C(=O)O[C@@H]2C[C@@H]3CN4CCc5c([nH]c6cc(OC)ccc56)[C@H]4C[C@@H]3[C@H](C(=O)OC)[C@H]2OC)cc1. The predicted octanol–water partition coefficient (Wildman–Crippen LogP) is 4.25. The largest absolute Gasteiger partial charge is 0.497 e. The van der Waals surface area contributed by atoms with Crippen LogP contribution >= 0.6 is 0 Å². The summed E-state index contributed by atoms with van der Waals surface area (Å²) < 4.78 is 27.8. The predicted molar refractivity (Wildman–Crippen MR) is 161 cm³/mol. The third-order valence-corrected chi connectivity index (χ3v) is 9.70. The summed E-state index contributed by atoms with van der Waals surface area (Å²) in [4.78, 5) is 44.7. The molecule has 2 aromatic carbocycles. The van der Waals surface area contributed by atoms with Crippen molar-refractivity contribution in [2.24, 2.45) is 17.8 Å². The quantitative estimate of drug-likeness (QED) is 0.298. The molecule has 0 radical (unpaired) electrons. The van der Waals surface area contributed by atoms with Crippen molar-refractivity contribution in [2.45, 2.75) is 50.9 Å². The van der Waals surface area contributed by atoms with Crippen LogP contribution in [0.2, 0.25) is 0 Å². The molecule has 234 valence electrons. The van der Waals surface area contributed by atoms with Crippen LogP contribution < -0.4 is 4.74 Å². The van der Waals surface area contributed by atoms with Crippen LogP contribution in [-0.4, -0.2) is 81.0 Å². The first kappa shape index (κ1) is 30.1. The van der Waals surface area contributed by atoms with Gasteiger partial charge in [0.1, 0.15) is 18.0 Å². The molecule has 0 unspecified atom stereocenters. The van der Waals surface area contributed by atoms with Gasteiger partial charge in [0.25, 0.3) is 0 Å². The number of hydrogen-bond donors (Lipinski definition) is 1. The number of rotatable bonds is 8. The number of hydrogen-bond acceptors (Lipinski definition) is 9.